The zero-order valence-electron chi connectivity index (χ0n) is 15.3. The van der Waals surface area contributed by atoms with Crippen LogP contribution in [-0.2, 0) is 9.53 Å². The van der Waals surface area contributed by atoms with Gasteiger partial charge in [-0.25, -0.2) is 4.79 Å². The van der Waals surface area contributed by atoms with Gasteiger partial charge < -0.3 is 19.7 Å². The number of hydrogen-bond acceptors (Lipinski definition) is 4. The van der Waals surface area contributed by atoms with Crippen molar-refractivity contribution in [1.82, 2.24) is 10.2 Å². The van der Waals surface area contributed by atoms with Gasteiger partial charge in [0, 0.05) is 13.1 Å². The van der Waals surface area contributed by atoms with Crippen molar-refractivity contribution in [3.8, 4) is 5.75 Å². The first kappa shape index (κ1) is 19.1. The standard InChI is InChI=1S/C19H28N2O4/c1-4-24-18(22)16-8-10-21(11-9-16)19(23)20-15(3)13-25-17-7-5-6-14(2)12-17/h5-7,12,15-16H,4,8-11,13H2,1-3H3,(H,20,23). The number of ether oxygens (including phenoxy) is 2. The molecule has 0 aliphatic carbocycles. The number of esters is 1. The quantitative estimate of drug-likeness (QED) is 0.803. The Bertz CT molecular complexity index is 583. The summed E-state index contributed by atoms with van der Waals surface area (Å²) in [7, 11) is 0. The van der Waals surface area contributed by atoms with Gasteiger partial charge in [0.1, 0.15) is 12.4 Å². The monoisotopic (exact) mass is 348 g/mol. The molecule has 2 rings (SSSR count). The van der Waals surface area contributed by atoms with Crippen LogP contribution in [0, 0.1) is 12.8 Å². The SMILES string of the molecule is CCOC(=O)C1CCN(C(=O)NC(C)COc2cccc(C)c2)CC1. The summed E-state index contributed by atoms with van der Waals surface area (Å²) in [6.45, 7) is 7.69. The predicted molar refractivity (Wildman–Crippen MR) is 95.6 cm³/mol. The summed E-state index contributed by atoms with van der Waals surface area (Å²) < 4.78 is 10.8. The number of rotatable bonds is 6. The van der Waals surface area contributed by atoms with Crippen LogP contribution in [0.3, 0.4) is 0 Å². The molecule has 6 nitrogen and oxygen atoms in total. The van der Waals surface area contributed by atoms with Crippen LogP contribution in [0.25, 0.3) is 0 Å². The highest BCUT2D eigenvalue weighted by molar-refractivity contribution is 5.76. The lowest BCUT2D eigenvalue weighted by molar-refractivity contribution is -0.149. The van der Waals surface area contributed by atoms with Gasteiger partial charge in [-0.3, -0.25) is 4.79 Å². The Morgan fingerprint density at radius 2 is 2.04 bits per heavy atom. The van der Waals surface area contributed by atoms with E-state index in [1.165, 1.54) is 0 Å². The Hall–Kier alpha value is -2.24. The Kier molecular flexibility index (Phi) is 7.10. The minimum Gasteiger partial charge on any atom is -0.491 e. The zero-order chi connectivity index (χ0) is 18.2. The van der Waals surface area contributed by atoms with Crippen molar-refractivity contribution in [2.75, 3.05) is 26.3 Å². The van der Waals surface area contributed by atoms with E-state index < -0.39 is 0 Å². The maximum Gasteiger partial charge on any atom is 0.317 e. The second-order valence-electron chi connectivity index (χ2n) is 6.49. The first-order valence-electron chi connectivity index (χ1n) is 8.91. The van der Waals surface area contributed by atoms with Crippen LogP contribution >= 0.6 is 0 Å². The van der Waals surface area contributed by atoms with Crippen molar-refractivity contribution in [3.05, 3.63) is 29.8 Å². The van der Waals surface area contributed by atoms with Crippen molar-refractivity contribution in [2.45, 2.75) is 39.7 Å². The van der Waals surface area contributed by atoms with E-state index in [4.69, 9.17) is 9.47 Å². The maximum absolute atomic E-state index is 12.3. The molecule has 25 heavy (non-hydrogen) atoms. The fraction of sp³-hybridized carbons (Fsp3) is 0.579. The van der Waals surface area contributed by atoms with E-state index in [2.05, 4.69) is 5.32 Å². The highest BCUT2D eigenvalue weighted by Gasteiger charge is 2.28. The number of piperidine rings is 1. The lowest BCUT2D eigenvalue weighted by Gasteiger charge is -2.31. The number of amides is 2. The summed E-state index contributed by atoms with van der Waals surface area (Å²) in [5.41, 5.74) is 1.14. The average molecular weight is 348 g/mol. The number of carbonyl (C=O) groups is 2. The number of urea groups is 1. The highest BCUT2D eigenvalue weighted by Crippen LogP contribution is 2.19. The molecular formula is C19H28N2O4. The molecule has 1 heterocycles. The fourth-order valence-electron chi connectivity index (χ4n) is 2.85. The second-order valence-corrected chi connectivity index (χ2v) is 6.49. The van der Waals surface area contributed by atoms with Crippen LogP contribution in [-0.4, -0.2) is 49.2 Å². The van der Waals surface area contributed by atoms with Crippen LogP contribution in [0.15, 0.2) is 24.3 Å². The lowest BCUT2D eigenvalue weighted by Crippen LogP contribution is -2.49. The summed E-state index contributed by atoms with van der Waals surface area (Å²) in [5, 5.41) is 2.95. The molecular weight excluding hydrogens is 320 g/mol. The van der Waals surface area contributed by atoms with Crippen LogP contribution in [0.1, 0.15) is 32.3 Å². The van der Waals surface area contributed by atoms with Crippen LogP contribution < -0.4 is 10.1 Å². The third-order valence-corrected chi connectivity index (χ3v) is 4.26. The summed E-state index contributed by atoms with van der Waals surface area (Å²) >= 11 is 0. The van der Waals surface area contributed by atoms with Crippen molar-refractivity contribution < 1.29 is 19.1 Å². The smallest absolute Gasteiger partial charge is 0.317 e. The van der Waals surface area contributed by atoms with E-state index in [1.54, 1.807) is 11.8 Å². The van der Waals surface area contributed by atoms with Crippen LogP contribution in [0.5, 0.6) is 5.75 Å². The molecule has 2 amide bonds. The van der Waals surface area contributed by atoms with E-state index in [0.29, 0.717) is 39.1 Å². The molecule has 1 aliphatic heterocycles. The Morgan fingerprint density at radius 1 is 1.32 bits per heavy atom. The number of nitrogens with one attached hydrogen (secondary N) is 1. The molecule has 1 aromatic rings. The number of nitrogens with zero attached hydrogens (tertiary/aromatic N) is 1. The highest BCUT2D eigenvalue weighted by atomic mass is 16.5. The van der Waals surface area contributed by atoms with Gasteiger partial charge in [-0.1, -0.05) is 12.1 Å². The molecule has 1 atom stereocenters. The van der Waals surface area contributed by atoms with Gasteiger partial charge in [-0.05, 0) is 51.3 Å². The van der Waals surface area contributed by atoms with Gasteiger partial charge in [-0.2, -0.15) is 0 Å². The third kappa shape index (κ3) is 5.96. The molecule has 6 heteroatoms. The number of likely N-dealkylation sites (tertiary alicyclic amines) is 1. The third-order valence-electron chi connectivity index (χ3n) is 4.26. The van der Waals surface area contributed by atoms with Gasteiger partial charge in [0.05, 0.1) is 18.6 Å². The first-order valence-corrected chi connectivity index (χ1v) is 8.91. The summed E-state index contributed by atoms with van der Waals surface area (Å²) in [4.78, 5) is 25.8. The maximum atomic E-state index is 12.3. The van der Waals surface area contributed by atoms with Crippen molar-refractivity contribution >= 4 is 12.0 Å². The van der Waals surface area contributed by atoms with E-state index in [-0.39, 0.29) is 24.0 Å². The number of aryl methyl sites for hydroxylation is 1. The van der Waals surface area contributed by atoms with Crippen molar-refractivity contribution in [1.29, 1.82) is 0 Å². The van der Waals surface area contributed by atoms with Crippen LogP contribution in [0.2, 0.25) is 0 Å². The molecule has 1 unspecified atom stereocenters. The zero-order valence-corrected chi connectivity index (χ0v) is 15.3. The van der Waals surface area contributed by atoms with Gasteiger partial charge in [0.15, 0.2) is 0 Å². The molecule has 0 aromatic heterocycles. The molecule has 1 aromatic carbocycles. The fourth-order valence-corrected chi connectivity index (χ4v) is 2.85. The lowest BCUT2D eigenvalue weighted by atomic mass is 9.97. The Labute approximate surface area is 149 Å². The molecule has 0 saturated carbocycles. The molecule has 1 fully saturated rings. The van der Waals surface area contributed by atoms with Crippen LogP contribution in [0.4, 0.5) is 4.79 Å². The van der Waals surface area contributed by atoms with E-state index in [9.17, 15) is 9.59 Å². The predicted octanol–water partition coefficient (Wildman–Crippen LogP) is 2.75. The van der Waals surface area contributed by atoms with Gasteiger partial charge in [0.2, 0.25) is 0 Å². The summed E-state index contributed by atoms with van der Waals surface area (Å²) in [5.74, 6) is 0.560. The minimum atomic E-state index is -0.150. The Balaban J connectivity index is 1.72. The molecule has 1 saturated heterocycles. The van der Waals surface area contributed by atoms with E-state index in [1.807, 2.05) is 38.1 Å². The van der Waals surface area contributed by atoms with Gasteiger partial charge >= 0.3 is 12.0 Å². The normalized spacial score (nSPS) is 16.2. The molecule has 0 radical (unpaired) electrons. The molecule has 1 aliphatic rings. The largest absolute Gasteiger partial charge is 0.491 e. The molecule has 1 N–H and O–H groups in total. The first-order chi connectivity index (χ1) is 12.0. The summed E-state index contributed by atoms with van der Waals surface area (Å²) in [6, 6.07) is 7.62. The molecule has 0 spiro atoms. The average Bonchev–Trinajstić information content (AvgIpc) is 2.60. The second kappa shape index (κ2) is 9.30. The summed E-state index contributed by atoms with van der Waals surface area (Å²) in [6.07, 6.45) is 1.31. The number of carbonyl (C=O) groups excluding carboxylic acids is 2. The minimum absolute atomic E-state index is 0.0916. The number of benzene rings is 1. The van der Waals surface area contributed by atoms with E-state index >= 15 is 0 Å². The topological polar surface area (TPSA) is 67.9 Å². The van der Waals surface area contributed by atoms with E-state index in [0.717, 1.165) is 11.3 Å². The van der Waals surface area contributed by atoms with Crippen molar-refractivity contribution in [2.24, 2.45) is 5.92 Å². The van der Waals surface area contributed by atoms with Gasteiger partial charge in [-0.15, -0.1) is 0 Å². The van der Waals surface area contributed by atoms with Crippen molar-refractivity contribution in [3.63, 3.8) is 0 Å². The molecule has 138 valence electrons. The Morgan fingerprint density at radius 3 is 2.68 bits per heavy atom. The number of hydrogen-bond donors (Lipinski definition) is 1. The molecule has 0 bridgehead atoms. The van der Waals surface area contributed by atoms with Gasteiger partial charge in [0.25, 0.3) is 0 Å².